The smallest absolute Gasteiger partial charge is 0.306 e. The highest BCUT2D eigenvalue weighted by atomic mass is 16.6. The molecule has 0 fully saturated rings. The van der Waals surface area contributed by atoms with Gasteiger partial charge in [-0.1, -0.05) is 255 Å². The van der Waals surface area contributed by atoms with E-state index in [0.29, 0.717) is 19.3 Å². The lowest BCUT2D eigenvalue weighted by atomic mass is 10.1. The monoisotopic (exact) mass is 1090 g/mol. The molecule has 0 amide bonds. The van der Waals surface area contributed by atoms with Gasteiger partial charge < -0.3 is 14.2 Å². The number of carbonyl (C=O) groups excluding carboxylic acids is 3. The zero-order valence-corrected chi connectivity index (χ0v) is 50.6. The molecule has 79 heavy (non-hydrogen) atoms. The summed E-state index contributed by atoms with van der Waals surface area (Å²) in [5.41, 5.74) is 0. The highest BCUT2D eigenvalue weighted by Crippen LogP contribution is 2.14. The maximum Gasteiger partial charge on any atom is 0.306 e. The second kappa shape index (κ2) is 65.3. The van der Waals surface area contributed by atoms with Crippen LogP contribution < -0.4 is 0 Å². The second-order valence-electron chi connectivity index (χ2n) is 20.2. The fourth-order valence-electron chi connectivity index (χ4n) is 8.07. The quantitative estimate of drug-likeness (QED) is 0.0261. The van der Waals surface area contributed by atoms with Crippen molar-refractivity contribution in [3.63, 3.8) is 0 Å². The highest BCUT2D eigenvalue weighted by Gasteiger charge is 2.19. The Labute approximate surface area is 485 Å². The van der Waals surface area contributed by atoms with Crippen molar-refractivity contribution in [1.82, 2.24) is 0 Å². The molecule has 0 aliphatic heterocycles. The van der Waals surface area contributed by atoms with Crippen LogP contribution in [0.4, 0.5) is 0 Å². The van der Waals surface area contributed by atoms with Gasteiger partial charge in [0.25, 0.3) is 0 Å². The molecule has 0 heterocycles. The lowest BCUT2D eigenvalue weighted by molar-refractivity contribution is -0.167. The second-order valence-corrected chi connectivity index (χ2v) is 20.2. The van der Waals surface area contributed by atoms with E-state index in [9.17, 15) is 14.4 Å². The van der Waals surface area contributed by atoms with Crippen molar-refractivity contribution >= 4 is 17.9 Å². The number of allylic oxidation sites excluding steroid dienone is 28. The third-order valence-electron chi connectivity index (χ3n) is 12.7. The number of carbonyl (C=O) groups is 3. The first-order valence-electron chi connectivity index (χ1n) is 31.6. The van der Waals surface area contributed by atoms with Crippen LogP contribution in [0, 0.1) is 0 Å². The Kier molecular flexibility index (Phi) is 61.0. The van der Waals surface area contributed by atoms with Crippen LogP contribution in [0.25, 0.3) is 0 Å². The minimum atomic E-state index is -0.810. The zero-order chi connectivity index (χ0) is 57.1. The molecule has 0 aliphatic carbocycles. The van der Waals surface area contributed by atoms with Crippen molar-refractivity contribution in [3.05, 3.63) is 170 Å². The van der Waals surface area contributed by atoms with Gasteiger partial charge in [-0.2, -0.15) is 0 Å². The first kappa shape index (κ1) is 73.8. The van der Waals surface area contributed by atoms with E-state index < -0.39 is 6.10 Å². The molecule has 1 unspecified atom stereocenters. The van der Waals surface area contributed by atoms with E-state index in [1.165, 1.54) is 12.8 Å². The standard InChI is InChI=1S/C73H114O6/c1-4-7-10-13-16-19-22-25-28-29-30-31-32-33-34-35-36-37-38-39-40-41-42-43-46-48-51-54-57-60-63-66-72(75)78-69-70(79-73(76)67-64-61-58-55-52-49-45-27-24-21-18-15-12-9-6-3)68-77-71(74)65-62-59-56-53-50-47-44-26-23-20-17-14-11-8-5-2/h7-12,16-21,25-28,30-31,33-34,36-37,39-40,42-45,70H,4-6,13-15,22-24,29,32,35,38,41,46-69H2,1-3H3/b10-7-,11-8-,12-9-,19-16-,20-17-,21-18-,28-25-,31-30-,34-33-,37-36-,40-39-,43-42-,44-26-,45-27-. The van der Waals surface area contributed by atoms with E-state index in [0.717, 1.165) is 199 Å². The van der Waals surface area contributed by atoms with Gasteiger partial charge >= 0.3 is 17.9 Å². The summed E-state index contributed by atoms with van der Waals surface area (Å²) in [5.74, 6) is -0.960. The van der Waals surface area contributed by atoms with Gasteiger partial charge in [0.15, 0.2) is 6.10 Å². The Morgan fingerprint density at radius 3 is 0.709 bits per heavy atom. The Morgan fingerprint density at radius 1 is 0.253 bits per heavy atom. The molecular weight excluding hydrogens is 973 g/mol. The summed E-state index contributed by atoms with van der Waals surface area (Å²) >= 11 is 0. The Morgan fingerprint density at radius 2 is 0.456 bits per heavy atom. The highest BCUT2D eigenvalue weighted by molar-refractivity contribution is 5.71. The largest absolute Gasteiger partial charge is 0.462 e. The first-order valence-corrected chi connectivity index (χ1v) is 31.6. The normalized spacial score (nSPS) is 13.3. The van der Waals surface area contributed by atoms with Crippen LogP contribution in [-0.2, 0) is 28.6 Å². The van der Waals surface area contributed by atoms with Crippen molar-refractivity contribution in [2.24, 2.45) is 0 Å². The Bertz CT molecular complexity index is 1820. The molecule has 6 heteroatoms. The molecular formula is C73H114O6. The number of hydrogen-bond acceptors (Lipinski definition) is 6. The van der Waals surface area contributed by atoms with Crippen LogP contribution in [0.5, 0.6) is 0 Å². The molecule has 0 aliphatic rings. The number of unbranched alkanes of at least 4 members (excludes halogenated alkanes) is 16. The molecule has 0 N–H and O–H groups in total. The maximum absolute atomic E-state index is 12.9. The van der Waals surface area contributed by atoms with Gasteiger partial charge in [-0.05, 0) is 148 Å². The summed E-state index contributed by atoms with van der Waals surface area (Å²) < 4.78 is 16.9. The number of ether oxygens (including phenoxy) is 3. The molecule has 0 aromatic heterocycles. The van der Waals surface area contributed by atoms with Crippen LogP contribution in [0.1, 0.15) is 252 Å². The lowest BCUT2D eigenvalue weighted by Gasteiger charge is -2.18. The van der Waals surface area contributed by atoms with Crippen LogP contribution in [0.2, 0.25) is 0 Å². The minimum Gasteiger partial charge on any atom is -0.462 e. The summed E-state index contributed by atoms with van der Waals surface area (Å²) in [4.78, 5) is 38.3. The molecule has 0 saturated heterocycles. The van der Waals surface area contributed by atoms with Gasteiger partial charge in [0.1, 0.15) is 13.2 Å². The number of rotatable bonds is 55. The van der Waals surface area contributed by atoms with Crippen molar-refractivity contribution in [3.8, 4) is 0 Å². The van der Waals surface area contributed by atoms with E-state index in [1.54, 1.807) is 0 Å². The van der Waals surface area contributed by atoms with E-state index in [4.69, 9.17) is 14.2 Å². The third kappa shape index (κ3) is 63.5. The summed E-state index contributed by atoms with van der Waals surface area (Å²) in [6, 6.07) is 0. The van der Waals surface area contributed by atoms with Crippen LogP contribution in [0.15, 0.2) is 170 Å². The van der Waals surface area contributed by atoms with Crippen LogP contribution in [0.3, 0.4) is 0 Å². The molecule has 0 bridgehead atoms. The van der Waals surface area contributed by atoms with Gasteiger partial charge in [-0.15, -0.1) is 0 Å². The zero-order valence-electron chi connectivity index (χ0n) is 50.6. The summed E-state index contributed by atoms with van der Waals surface area (Å²) in [5, 5.41) is 0. The fourth-order valence-corrected chi connectivity index (χ4v) is 8.07. The summed E-state index contributed by atoms with van der Waals surface area (Å²) in [7, 11) is 0. The van der Waals surface area contributed by atoms with Gasteiger partial charge in [-0.3, -0.25) is 14.4 Å². The van der Waals surface area contributed by atoms with Crippen LogP contribution >= 0.6 is 0 Å². The fraction of sp³-hybridized carbons (Fsp3) is 0.575. The molecule has 0 saturated carbocycles. The third-order valence-corrected chi connectivity index (χ3v) is 12.7. The SMILES string of the molecule is CC/C=C\C/C=C\C/C=C\C/C=C\C/C=C\C/C=C\C/C=C\C/C=C\CCCCCCCCC(=O)OCC(COC(=O)CCCCCCC/C=C\C/C=C\C/C=C\CC)OC(=O)CCCCCCC/C=C\C/C=C\C/C=C\CC. The van der Waals surface area contributed by atoms with Gasteiger partial charge in [0, 0.05) is 19.3 Å². The molecule has 0 aromatic rings. The molecule has 0 radical (unpaired) electrons. The number of hydrogen-bond donors (Lipinski definition) is 0. The summed E-state index contributed by atoms with van der Waals surface area (Å²) in [6.07, 6.45) is 96.4. The van der Waals surface area contributed by atoms with E-state index in [1.807, 2.05) is 0 Å². The van der Waals surface area contributed by atoms with E-state index in [-0.39, 0.29) is 31.1 Å². The van der Waals surface area contributed by atoms with Crippen molar-refractivity contribution < 1.29 is 28.6 Å². The predicted octanol–water partition coefficient (Wildman–Crippen LogP) is 21.9. The van der Waals surface area contributed by atoms with Gasteiger partial charge in [0.05, 0.1) is 0 Å². The average Bonchev–Trinajstić information content (AvgIpc) is 3.45. The van der Waals surface area contributed by atoms with Crippen molar-refractivity contribution in [2.75, 3.05) is 13.2 Å². The van der Waals surface area contributed by atoms with Crippen molar-refractivity contribution in [2.45, 2.75) is 258 Å². The van der Waals surface area contributed by atoms with Gasteiger partial charge in [-0.25, -0.2) is 0 Å². The Balaban J connectivity index is 4.39. The number of esters is 3. The molecule has 0 spiro atoms. The van der Waals surface area contributed by atoms with Gasteiger partial charge in [0.2, 0.25) is 0 Å². The molecule has 6 nitrogen and oxygen atoms in total. The first-order chi connectivity index (χ1) is 39.0. The minimum absolute atomic E-state index is 0.106. The topological polar surface area (TPSA) is 78.9 Å². The molecule has 0 rings (SSSR count). The van der Waals surface area contributed by atoms with Crippen molar-refractivity contribution in [1.29, 1.82) is 0 Å². The lowest BCUT2D eigenvalue weighted by Crippen LogP contribution is -2.30. The predicted molar refractivity (Wildman–Crippen MR) is 343 cm³/mol. The molecule has 1 atom stereocenters. The van der Waals surface area contributed by atoms with E-state index in [2.05, 4.69) is 191 Å². The molecule has 442 valence electrons. The summed E-state index contributed by atoms with van der Waals surface area (Å²) in [6.45, 7) is 6.25. The molecule has 0 aromatic carbocycles. The van der Waals surface area contributed by atoms with E-state index >= 15 is 0 Å². The van der Waals surface area contributed by atoms with Crippen LogP contribution in [-0.4, -0.2) is 37.2 Å². The Hall–Kier alpha value is -5.23. The average molecular weight is 1090 g/mol. The maximum atomic E-state index is 12.9.